The molecule has 224 valence electrons. The molecule has 1 aliphatic carbocycles. The lowest BCUT2D eigenvalue weighted by atomic mass is 9.81. The summed E-state index contributed by atoms with van der Waals surface area (Å²) in [6.07, 6.45) is -10.3. The lowest BCUT2D eigenvalue weighted by Crippen LogP contribution is -2.38. The normalized spacial score (nSPS) is 17.5. The molecule has 41 heavy (non-hydrogen) atoms. The van der Waals surface area contributed by atoms with Crippen LogP contribution in [-0.2, 0) is 4.79 Å². The van der Waals surface area contributed by atoms with Crippen LogP contribution in [0.5, 0.6) is 0 Å². The summed E-state index contributed by atoms with van der Waals surface area (Å²) in [5.74, 6) is -8.98. The van der Waals surface area contributed by atoms with E-state index in [1.54, 1.807) is 0 Å². The predicted molar refractivity (Wildman–Crippen MR) is 125 cm³/mol. The van der Waals surface area contributed by atoms with Crippen molar-refractivity contribution in [2.24, 2.45) is 5.92 Å². The van der Waals surface area contributed by atoms with E-state index in [9.17, 15) is 40.3 Å². The second kappa shape index (κ2) is 11.6. The van der Waals surface area contributed by atoms with Crippen LogP contribution in [0.15, 0.2) is 16.8 Å². The molecule has 2 atom stereocenters. The van der Waals surface area contributed by atoms with Crippen LogP contribution < -0.4 is 10.6 Å². The molecule has 0 saturated heterocycles. The first kappa shape index (κ1) is 30.2. The van der Waals surface area contributed by atoms with Crippen LogP contribution in [-0.4, -0.2) is 57.2 Å². The van der Waals surface area contributed by atoms with E-state index in [-0.39, 0.29) is 35.6 Å². The van der Waals surface area contributed by atoms with Gasteiger partial charge in [0.15, 0.2) is 11.5 Å². The second-order valence-corrected chi connectivity index (χ2v) is 9.84. The average Bonchev–Trinajstić information content (AvgIpc) is 3.51. The molecule has 9 nitrogen and oxygen atoms in total. The minimum Gasteiger partial charge on any atom is -0.346 e. The molecule has 0 bridgehead atoms. The Morgan fingerprint density at radius 3 is 2.44 bits per heavy atom. The van der Waals surface area contributed by atoms with Crippen LogP contribution in [0.1, 0.15) is 71.6 Å². The molecule has 0 unspecified atom stereocenters. The maximum absolute atomic E-state index is 15.6. The summed E-state index contributed by atoms with van der Waals surface area (Å²) in [5.41, 5.74) is -1.09. The van der Waals surface area contributed by atoms with Crippen LogP contribution in [0, 0.1) is 18.7 Å². The number of nitrogens with zero attached hydrogens (tertiary/aromatic N) is 3. The summed E-state index contributed by atoms with van der Waals surface area (Å²) in [4.78, 5) is 32.2. The lowest BCUT2D eigenvalue weighted by molar-refractivity contribution is -0.139. The first-order chi connectivity index (χ1) is 19.1. The molecule has 1 fully saturated rings. The van der Waals surface area contributed by atoms with Crippen molar-refractivity contribution < 1.29 is 49.3 Å². The average molecular weight is 596 g/mol. The number of aromatic nitrogens is 4. The van der Waals surface area contributed by atoms with Gasteiger partial charge in [-0.3, -0.25) is 9.59 Å². The van der Waals surface area contributed by atoms with Gasteiger partial charge in [-0.1, -0.05) is 11.2 Å². The fourth-order valence-electron chi connectivity index (χ4n) is 4.81. The highest BCUT2D eigenvalue weighted by Gasteiger charge is 2.40. The quantitative estimate of drug-likeness (QED) is 0.295. The highest BCUT2D eigenvalue weighted by molar-refractivity contribution is 5.93. The van der Waals surface area contributed by atoms with Crippen molar-refractivity contribution in [3.8, 4) is 0 Å². The first-order valence-corrected chi connectivity index (χ1v) is 12.4. The van der Waals surface area contributed by atoms with E-state index >= 15 is 4.39 Å². The van der Waals surface area contributed by atoms with Crippen LogP contribution in [0.25, 0.3) is 11.0 Å². The number of imidazole rings is 1. The highest BCUT2D eigenvalue weighted by atomic mass is 19.4. The Morgan fingerprint density at radius 2 is 1.85 bits per heavy atom. The van der Waals surface area contributed by atoms with Gasteiger partial charge in [-0.25, -0.2) is 31.6 Å². The third-order valence-corrected chi connectivity index (χ3v) is 6.89. The van der Waals surface area contributed by atoms with Crippen LogP contribution in [0.2, 0.25) is 0 Å². The molecular formula is C24H24F8N6O3. The number of carbonyl (C=O) groups is 2. The van der Waals surface area contributed by atoms with Gasteiger partial charge in [-0.15, -0.1) is 0 Å². The molecule has 2 heterocycles. The minimum atomic E-state index is -4.83. The molecule has 0 aliphatic heterocycles. The van der Waals surface area contributed by atoms with Crippen molar-refractivity contribution in [1.82, 2.24) is 30.9 Å². The molecule has 0 spiro atoms. The van der Waals surface area contributed by atoms with Gasteiger partial charge in [0.2, 0.25) is 18.3 Å². The van der Waals surface area contributed by atoms with Gasteiger partial charge in [0.05, 0.1) is 17.5 Å². The maximum Gasteiger partial charge on any atom is 0.405 e. The molecular weight excluding hydrogens is 572 g/mol. The van der Waals surface area contributed by atoms with E-state index in [0.717, 1.165) is 6.07 Å². The number of carbonyl (C=O) groups excluding carboxylic acids is 2. The molecule has 1 saturated carbocycles. The molecule has 3 N–H and O–H groups in total. The lowest BCUT2D eigenvalue weighted by Gasteiger charge is -2.33. The van der Waals surface area contributed by atoms with Gasteiger partial charge in [0, 0.05) is 24.8 Å². The van der Waals surface area contributed by atoms with E-state index in [1.807, 2.05) is 0 Å². The Balaban J connectivity index is 1.69. The largest absolute Gasteiger partial charge is 0.405 e. The number of halogens is 8. The monoisotopic (exact) mass is 596 g/mol. The van der Waals surface area contributed by atoms with Gasteiger partial charge in [0.1, 0.15) is 23.6 Å². The second-order valence-electron chi connectivity index (χ2n) is 9.84. The van der Waals surface area contributed by atoms with E-state index in [0.29, 0.717) is 0 Å². The number of benzene rings is 1. The van der Waals surface area contributed by atoms with E-state index in [4.69, 9.17) is 0 Å². The number of fused-ring (bicyclic) bond motifs is 1. The Kier molecular flexibility index (Phi) is 8.54. The number of H-pyrrole nitrogens is 1. The standard InChI is InChI=1S/C24H24F8N6O3/c1-10-17(38-41-37-10)22(40)36-18(11-4-6-23(28,29)7-5-11)20-34-14-3-2-12(16(27)19(14)35-20)13(8-15(25)26)21(39)33-9-24(30,31)32/h2-3,11,13,15,18H,4-9H2,1H3,(H,33,39)(H,34,35)(H,36,40)/t13-,18-/m0/s1. The number of hydrogen-bond donors (Lipinski definition) is 3. The van der Waals surface area contributed by atoms with Crippen LogP contribution >= 0.6 is 0 Å². The topological polar surface area (TPSA) is 126 Å². The van der Waals surface area contributed by atoms with E-state index in [2.05, 4.69) is 30.2 Å². The van der Waals surface area contributed by atoms with Gasteiger partial charge >= 0.3 is 6.18 Å². The Hall–Kier alpha value is -3.79. The van der Waals surface area contributed by atoms with E-state index < -0.39 is 90.9 Å². The molecule has 1 aromatic carbocycles. The van der Waals surface area contributed by atoms with Gasteiger partial charge in [-0.05, 0) is 36.9 Å². The summed E-state index contributed by atoms with van der Waals surface area (Å²) < 4.78 is 112. The van der Waals surface area contributed by atoms with Crippen LogP contribution in [0.4, 0.5) is 35.1 Å². The molecule has 1 aliphatic rings. The molecule has 4 rings (SSSR count). The Bertz CT molecular complexity index is 1400. The smallest absolute Gasteiger partial charge is 0.346 e. The molecule has 3 aromatic rings. The van der Waals surface area contributed by atoms with Crippen molar-refractivity contribution in [3.63, 3.8) is 0 Å². The summed E-state index contributed by atoms with van der Waals surface area (Å²) in [7, 11) is 0. The number of hydrogen-bond acceptors (Lipinski definition) is 6. The zero-order chi connectivity index (χ0) is 30.1. The van der Waals surface area contributed by atoms with Crippen molar-refractivity contribution in [2.75, 3.05) is 6.54 Å². The highest BCUT2D eigenvalue weighted by Crippen LogP contribution is 2.41. The molecule has 17 heteroatoms. The number of alkyl halides is 7. The minimum absolute atomic E-state index is 0.00687. The van der Waals surface area contributed by atoms with Gasteiger partial charge in [-0.2, -0.15) is 13.2 Å². The molecule has 2 amide bonds. The van der Waals surface area contributed by atoms with Crippen molar-refractivity contribution >= 4 is 22.8 Å². The maximum atomic E-state index is 15.6. The number of aryl methyl sites for hydroxylation is 1. The summed E-state index contributed by atoms with van der Waals surface area (Å²) in [6, 6.07) is 1.11. The van der Waals surface area contributed by atoms with Crippen molar-refractivity contribution in [2.45, 2.75) is 69.5 Å². The first-order valence-electron chi connectivity index (χ1n) is 12.4. The van der Waals surface area contributed by atoms with Crippen molar-refractivity contribution in [3.05, 3.63) is 40.7 Å². The third kappa shape index (κ3) is 7.11. The Morgan fingerprint density at radius 1 is 1.17 bits per heavy atom. The zero-order valence-electron chi connectivity index (χ0n) is 21.3. The summed E-state index contributed by atoms with van der Waals surface area (Å²) >= 11 is 0. The summed E-state index contributed by atoms with van der Waals surface area (Å²) in [5, 5.41) is 11.2. The fraction of sp³-hybridized carbons (Fsp3) is 0.542. The molecule has 2 aromatic heterocycles. The van der Waals surface area contributed by atoms with Crippen LogP contribution in [0.3, 0.4) is 0 Å². The number of amides is 2. The number of rotatable bonds is 9. The summed E-state index contributed by atoms with van der Waals surface area (Å²) in [6.45, 7) is -0.356. The fourth-order valence-corrected chi connectivity index (χ4v) is 4.81. The molecule has 0 radical (unpaired) electrons. The Labute approximate surface area is 226 Å². The van der Waals surface area contributed by atoms with Crippen molar-refractivity contribution in [1.29, 1.82) is 0 Å². The zero-order valence-corrected chi connectivity index (χ0v) is 21.3. The van der Waals surface area contributed by atoms with Gasteiger partial charge in [0.25, 0.3) is 5.91 Å². The third-order valence-electron chi connectivity index (χ3n) is 6.89. The number of nitrogens with one attached hydrogen (secondary N) is 3. The number of aromatic amines is 1. The van der Waals surface area contributed by atoms with Gasteiger partial charge < -0.3 is 15.6 Å². The predicted octanol–water partition coefficient (Wildman–Crippen LogP) is 5.11. The SMILES string of the molecule is Cc1nonc1C(=O)N[C@H](c1nc2c(F)c([C@H](CC(F)F)C(=O)NCC(F)(F)F)ccc2[nH]1)C1CCC(F)(F)CC1. The van der Waals surface area contributed by atoms with E-state index in [1.165, 1.54) is 18.3 Å².